The SMILES string of the molecule is Cc1cccc(OCCN(C)C(=O)c2ccc(Cl)cc2[N+](=O)[O-])c1. The Hall–Kier alpha value is -2.60. The van der Waals surface area contributed by atoms with Crippen LogP contribution >= 0.6 is 11.6 Å². The molecule has 24 heavy (non-hydrogen) atoms. The Labute approximate surface area is 144 Å². The zero-order valence-corrected chi connectivity index (χ0v) is 14.1. The summed E-state index contributed by atoms with van der Waals surface area (Å²) in [6.45, 7) is 2.54. The molecule has 0 saturated carbocycles. The molecule has 2 rings (SSSR count). The van der Waals surface area contributed by atoms with Crippen LogP contribution in [0, 0.1) is 17.0 Å². The number of rotatable bonds is 6. The maximum Gasteiger partial charge on any atom is 0.283 e. The number of carbonyl (C=O) groups is 1. The lowest BCUT2D eigenvalue weighted by Gasteiger charge is -2.17. The number of hydrogen-bond acceptors (Lipinski definition) is 4. The van der Waals surface area contributed by atoms with Gasteiger partial charge in [-0.1, -0.05) is 23.7 Å². The van der Waals surface area contributed by atoms with Crippen LogP contribution in [0.15, 0.2) is 42.5 Å². The van der Waals surface area contributed by atoms with Crippen molar-refractivity contribution in [3.63, 3.8) is 0 Å². The van der Waals surface area contributed by atoms with E-state index in [4.69, 9.17) is 16.3 Å². The fourth-order valence-electron chi connectivity index (χ4n) is 2.15. The van der Waals surface area contributed by atoms with Crippen LogP contribution in [0.1, 0.15) is 15.9 Å². The van der Waals surface area contributed by atoms with Crippen molar-refractivity contribution in [2.75, 3.05) is 20.2 Å². The lowest BCUT2D eigenvalue weighted by molar-refractivity contribution is -0.385. The monoisotopic (exact) mass is 348 g/mol. The first-order valence-corrected chi connectivity index (χ1v) is 7.65. The van der Waals surface area contributed by atoms with Crippen LogP contribution < -0.4 is 4.74 Å². The zero-order valence-electron chi connectivity index (χ0n) is 13.4. The topological polar surface area (TPSA) is 72.7 Å². The Bertz CT molecular complexity index is 764. The quantitative estimate of drug-likeness (QED) is 0.589. The fraction of sp³-hybridized carbons (Fsp3) is 0.235. The molecule has 1 amide bonds. The van der Waals surface area contributed by atoms with E-state index in [9.17, 15) is 14.9 Å². The average Bonchev–Trinajstić information content (AvgIpc) is 2.54. The van der Waals surface area contributed by atoms with E-state index in [0.29, 0.717) is 12.3 Å². The summed E-state index contributed by atoms with van der Waals surface area (Å²) >= 11 is 5.76. The van der Waals surface area contributed by atoms with Crippen molar-refractivity contribution in [3.8, 4) is 5.75 Å². The number of amides is 1. The van der Waals surface area contributed by atoms with Gasteiger partial charge in [0.25, 0.3) is 11.6 Å². The van der Waals surface area contributed by atoms with Crippen molar-refractivity contribution in [3.05, 3.63) is 68.7 Å². The number of benzene rings is 2. The van der Waals surface area contributed by atoms with Gasteiger partial charge in [0.2, 0.25) is 0 Å². The molecule has 0 heterocycles. The molecular weight excluding hydrogens is 332 g/mol. The minimum absolute atomic E-state index is 0.00227. The highest BCUT2D eigenvalue weighted by atomic mass is 35.5. The summed E-state index contributed by atoms with van der Waals surface area (Å²) < 4.78 is 5.59. The third kappa shape index (κ3) is 4.45. The highest BCUT2D eigenvalue weighted by Crippen LogP contribution is 2.24. The van der Waals surface area contributed by atoms with E-state index < -0.39 is 10.8 Å². The van der Waals surface area contributed by atoms with E-state index in [0.717, 1.165) is 5.56 Å². The van der Waals surface area contributed by atoms with Crippen molar-refractivity contribution in [1.82, 2.24) is 4.90 Å². The normalized spacial score (nSPS) is 10.3. The molecule has 0 aliphatic rings. The van der Waals surface area contributed by atoms with Crippen molar-refractivity contribution in [2.24, 2.45) is 0 Å². The molecule has 126 valence electrons. The van der Waals surface area contributed by atoms with Crippen LogP contribution in [0.25, 0.3) is 0 Å². The van der Waals surface area contributed by atoms with Gasteiger partial charge in [-0.05, 0) is 36.8 Å². The number of ether oxygens (including phenoxy) is 1. The van der Waals surface area contributed by atoms with Crippen LogP contribution in [-0.2, 0) is 0 Å². The van der Waals surface area contributed by atoms with E-state index in [-0.39, 0.29) is 22.9 Å². The van der Waals surface area contributed by atoms with Crippen LogP contribution in [0.3, 0.4) is 0 Å². The number of carbonyl (C=O) groups excluding carboxylic acids is 1. The molecule has 0 aromatic heterocycles. The number of likely N-dealkylation sites (N-methyl/N-ethyl adjacent to an activating group) is 1. The number of nitrogens with zero attached hydrogens (tertiary/aromatic N) is 2. The first-order chi connectivity index (χ1) is 11.4. The third-order valence-corrected chi connectivity index (χ3v) is 3.65. The molecule has 2 aromatic rings. The lowest BCUT2D eigenvalue weighted by Crippen LogP contribution is -2.31. The number of hydrogen-bond donors (Lipinski definition) is 0. The molecule has 0 fully saturated rings. The van der Waals surface area contributed by atoms with Crippen molar-refractivity contribution < 1.29 is 14.5 Å². The van der Waals surface area contributed by atoms with E-state index >= 15 is 0 Å². The first-order valence-electron chi connectivity index (χ1n) is 7.27. The number of nitro benzene ring substituents is 1. The summed E-state index contributed by atoms with van der Waals surface area (Å²) in [7, 11) is 1.57. The molecule has 2 aromatic carbocycles. The molecule has 0 aliphatic heterocycles. The van der Waals surface area contributed by atoms with Crippen molar-refractivity contribution in [2.45, 2.75) is 6.92 Å². The maximum atomic E-state index is 12.4. The van der Waals surface area contributed by atoms with Gasteiger partial charge in [-0.2, -0.15) is 0 Å². The summed E-state index contributed by atoms with van der Waals surface area (Å²) in [6.07, 6.45) is 0. The standard InChI is InChI=1S/C17H17ClN2O4/c1-12-4-3-5-14(10-12)24-9-8-19(2)17(21)15-7-6-13(18)11-16(15)20(22)23/h3-7,10-11H,8-9H2,1-2H3. The predicted molar refractivity (Wildman–Crippen MR) is 91.7 cm³/mol. The second kappa shape index (κ2) is 7.79. The molecular formula is C17H17ClN2O4. The number of halogens is 1. The molecule has 0 radical (unpaired) electrons. The van der Waals surface area contributed by atoms with Crippen LogP contribution in [0.2, 0.25) is 5.02 Å². The number of nitro groups is 1. The summed E-state index contributed by atoms with van der Waals surface area (Å²) in [4.78, 5) is 24.3. The van der Waals surface area contributed by atoms with Crippen LogP contribution in [-0.4, -0.2) is 35.9 Å². The van der Waals surface area contributed by atoms with Gasteiger partial charge in [-0.25, -0.2) is 0 Å². The third-order valence-electron chi connectivity index (χ3n) is 3.42. The van der Waals surface area contributed by atoms with Gasteiger partial charge in [0, 0.05) is 18.1 Å². The van der Waals surface area contributed by atoms with E-state index in [1.165, 1.54) is 23.1 Å². The van der Waals surface area contributed by atoms with Gasteiger partial charge in [0.15, 0.2) is 0 Å². The molecule has 0 bridgehead atoms. The molecule has 0 aliphatic carbocycles. The van der Waals surface area contributed by atoms with Gasteiger partial charge >= 0.3 is 0 Å². The zero-order chi connectivity index (χ0) is 17.7. The van der Waals surface area contributed by atoms with Crippen LogP contribution in [0.5, 0.6) is 5.75 Å². The van der Waals surface area contributed by atoms with Gasteiger partial charge in [0.1, 0.15) is 17.9 Å². The minimum Gasteiger partial charge on any atom is -0.492 e. The Kier molecular flexibility index (Phi) is 5.76. The Balaban J connectivity index is 2.01. The number of aryl methyl sites for hydroxylation is 1. The molecule has 0 N–H and O–H groups in total. The Morgan fingerprint density at radius 3 is 2.71 bits per heavy atom. The predicted octanol–water partition coefficient (Wildman–Crippen LogP) is 3.71. The largest absolute Gasteiger partial charge is 0.492 e. The van der Waals surface area contributed by atoms with Gasteiger partial charge in [-0.3, -0.25) is 14.9 Å². The summed E-state index contributed by atoms with van der Waals surface area (Å²) in [5.41, 5.74) is 0.773. The molecule has 0 saturated heterocycles. The van der Waals surface area contributed by atoms with Gasteiger partial charge in [-0.15, -0.1) is 0 Å². The smallest absolute Gasteiger partial charge is 0.283 e. The highest BCUT2D eigenvalue weighted by Gasteiger charge is 2.23. The molecule has 0 spiro atoms. The van der Waals surface area contributed by atoms with Crippen LogP contribution in [0.4, 0.5) is 5.69 Å². The van der Waals surface area contributed by atoms with E-state index in [1.54, 1.807) is 7.05 Å². The van der Waals surface area contributed by atoms with Crippen molar-refractivity contribution in [1.29, 1.82) is 0 Å². The Morgan fingerprint density at radius 1 is 1.29 bits per heavy atom. The summed E-state index contributed by atoms with van der Waals surface area (Å²) in [5, 5.41) is 11.3. The lowest BCUT2D eigenvalue weighted by atomic mass is 10.1. The second-order valence-corrected chi connectivity index (χ2v) is 5.75. The Morgan fingerprint density at radius 2 is 2.04 bits per heavy atom. The molecule has 0 unspecified atom stereocenters. The molecule has 7 heteroatoms. The first kappa shape index (κ1) is 17.7. The molecule has 6 nitrogen and oxygen atoms in total. The maximum absolute atomic E-state index is 12.4. The van der Waals surface area contributed by atoms with E-state index in [1.807, 2.05) is 31.2 Å². The van der Waals surface area contributed by atoms with Crippen molar-refractivity contribution >= 4 is 23.2 Å². The molecule has 0 atom stereocenters. The van der Waals surface area contributed by atoms with E-state index in [2.05, 4.69) is 0 Å². The minimum atomic E-state index is -0.615. The average molecular weight is 349 g/mol. The fourth-order valence-corrected chi connectivity index (χ4v) is 2.32. The summed E-state index contributed by atoms with van der Waals surface area (Å²) in [6, 6.07) is 11.6. The summed E-state index contributed by atoms with van der Waals surface area (Å²) in [5.74, 6) is 0.263. The second-order valence-electron chi connectivity index (χ2n) is 5.31. The van der Waals surface area contributed by atoms with Gasteiger partial charge < -0.3 is 9.64 Å². The highest BCUT2D eigenvalue weighted by molar-refractivity contribution is 6.31. The van der Waals surface area contributed by atoms with Gasteiger partial charge in [0.05, 0.1) is 11.5 Å².